The minimum Gasteiger partial charge on any atom is -0.335 e. The minimum atomic E-state index is 0.0416. The van der Waals surface area contributed by atoms with E-state index in [1.807, 2.05) is 17.0 Å². The first kappa shape index (κ1) is 17.9. The van der Waals surface area contributed by atoms with Crippen molar-refractivity contribution in [3.05, 3.63) is 30.1 Å². The quantitative estimate of drug-likeness (QED) is 0.854. The van der Waals surface area contributed by atoms with Crippen LogP contribution in [0.1, 0.15) is 38.2 Å². The van der Waals surface area contributed by atoms with Gasteiger partial charge in [0.25, 0.3) is 5.91 Å². The topological polar surface area (TPSA) is 39.7 Å². The standard InChI is InChI=1S/C18H30N4O/c1-15(2)20-9-10-21(16(3)4)12-14-22(13-11-20)18(23)17-7-5-6-8-19-17/h5-8,15-16H,9-14H2,1-4H3. The molecule has 1 aromatic heterocycles. The molecular formula is C18H30N4O. The molecule has 23 heavy (non-hydrogen) atoms. The second kappa shape index (κ2) is 8.41. The number of rotatable bonds is 3. The summed E-state index contributed by atoms with van der Waals surface area (Å²) in [4.78, 5) is 23.8. The van der Waals surface area contributed by atoms with Crippen LogP contribution in [0.2, 0.25) is 0 Å². The van der Waals surface area contributed by atoms with Crippen molar-refractivity contribution in [1.82, 2.24) is 19.7 Å². The number of carbonyl (C=O) groups is 1. The highest BCUT2D eigenvalue weighted by molar-refractivity contribution is 5.92. The van der Waals surface area contributed by atoms with E-state index in [0.29, 0.717) is 17.8 Å². The summed E-state index contributed by atoms with van der Waals surface area (Å²) in [7, 11) is 0. The van der Waals surface area contributed by atoms with Gasteiger partial charge in [0.2, 0.25) is 0 Å². The van der Waals surface area contributed by atoms with E-state index in [1.54, 1.807) is 12.3 Å². The van der Waals surface area contributed by atoms with E-state index in [0.717, 1.165) is 39.3 Å². The fourth-order valence-corrected chi connectivity index (χ4v) is 2.98. The Bertz CT molecular complexity index is 469. The van der Waals surface area contributed by atoms with Crippen molar-refractivity contribution in [2.45, 2.75) is 39.8 Å². The highest BCUT2D eigenvalue weighted by Gasteiger charge is 2.23. The molecule has 1 saturated heterocycles. The average molecular weight is 318 g/mol. The largest absolute Gasteiger partial charge is 0.335 e. The third kappa shape index (κ3) is 5.01. The molecule has 1 aromatic rings. The third-order valence-corrected chi connectivity index (χ3v) is 4.62. The van der Waals surface area contributed by atoms with Gasteiger partial charge in [0.1, 0.15) is 5.69 Å². The van der Waals surface area contributed by atoms with Crippen LogP contribution >= 0.6 is 0 Å². The first-order valence-corrected chi connectivity index (χ1v) is 8.67. The van der Waals surface area contributed by atoms with Gasteiger partial charge in [0.05, 0.1) is 0 Å². The first-order valence-electron chi connectivity index (χ1n) is 8.67. The monoisotopic (exact) mass is 318 g/mol. The number of aromatic nitrogens is 1. The Hall–Kier alpha value is -1.46. The zero-order valence-electron chi connectivity index (χ0n) is 14.9. The molecule has 128 valence electrons. The molecule has 0 N–H and O–H groups in total. The Morgan fingerprint density at radius 3 is 1.87 bits per heavy atom. The Labute approximate surface area is 140 Å². The molecule has 5 heteroatoms. The van der Waals surface area contributed by atoms with Crippen LogP contribution in [0.15, 0.2) is 24.4 Å². The molecule has 5 nitrogen and oxygen atoms in total. The molecule has 1 aliphatic heterocycles. The molecule has 1 amide bonds. The summed E-state index contributed by atoms with van der Waals surface area (Å²) in [5, 5.41) is 0. The van der Waals surface area contributed by atoms with Gasteiger partial charge < -0.3 is 4.90 Å². The van der Waals surface area contributed by atoms with Crippen molar-refractivity contribution in [2.75, 3.05) is 39.3 Å². The van der Waals surface area contributed by atoms with E-state index in [2.05, 4.69) is 42.5 Å². The summed E-state index contributed by atoms with van der Waals surface area (Å²) in [6.07, 6.45) is 1.68. The maximum Gasteiger partial charge on any atom is 0.272 e. The van der Waals surface area contributed by atoms with Crippen molar-refractivity contribution in [3.63, 3.8) is 0 Å². The molecule has 0 unspecified atom stereocenters. The molecule has 1 fully saturated rings. The molecule has 2 heterocycles. The SMILES string of the molecule is CC(C)N1CCN(C(=O)c2ccccn2)CCN(C(C)C)CC1. The second-order valence-electron chi connectivity index (χ2n) is 6.77. The maximum atomic E-state index is 12.8. The highest BCUT2D eigenvalue weighted by Crippen LogP contribution is 2.09. The summed E-state index contributed by atoms with van der Waals surface area (Å²) in [6.45, 7) is 14.4. The molecule has 0 radical (unpaired) electrons. The lowest BCUT2D eigenvalue weighted by Gasteiger charge is -2.30. The van der Waals surface area contributed by atoms with Gasteiger partial charge in [-0.2, -0.15) is 0 Å². The van der Waals surface area contributed by atoms with Gasteiger partial charge in [-0.3, -0.25) is 19.6 Å². The van der Waals surface area contributed by atoms with E-state index in [1.165, 1.54) is 0 Å². The molecule has 0 saturated carbocycles. The van der Waals surface area contributed by atoms with Crippen LogP contribution in [0.4, 0.5) is 0 Å². The number of amides is 1. The van der Waals surface area contributed by atoms with Crippen molar-refractivity contribution < 1.29 is 4.79 Å². The first-order chi connectivity index (χ1) is 11.0. The van der Waals surface area contributed by atoms with Crippen LogP contribution in [0.5, 0.6) is 0 Å². The molecule has 2 rings (SSSR count). The predicted molar refractivity (Wildman–Crippen MR) is 93.6 cm³/mol. The fraction of sp³-hybridized carbons (Fsp3) is 0.667. The number of hydrogen-bond acceptors (Lipinski definition) is 4. The van der Waals surface area contributed by atoms with Crippen LogP contribution < -0.4 is 0 Å². The summed E-state index contributed by atoms with van der Waals surface area (Å²) < 4.78 is 0. The molecule has 1 aliphatic rings. The normalized spacial score (nSPS) is 18.8. The maximum absolute atomic E-state index is 12.8. The zero-order chi connectivity index (χ0) is 16.8. The Balaban J connectivity index is 2.13. The molecule has 0 atom stereocenters. The smallest absolute Gasteiger partial charge is 0.272 e. The fourth-order valence-electron chi connectivity index (χ4n) is 2.98. The number of carbonyl (C=O) groups excluding carboxylic acids is 1. The van der Waals surface area contributed by atoms with Gasteiger partial charge in [-0.1, -0.05) is 6.07 Å². The Morgan fingerprint density at radius 1 is 0.913 bits per heavy atom. The van der Waals surface area contributed by atoms with E-state index in [-0.39, 0.29) is 5.91 Å². The highest BCUT2D eigenvalue weighted by atomic mass is 16.2. The van der Waals surface area contributed by atoms with E-state index >= 15 is 0 Å². The van der Waals surface area contributed by atoms with E-state index in [4.69, 9.17) is 0 Å². The molecule has 0 aromatic carbocycles. The lowest BCUT2D eigenvalue weighted by molar-refractivity contribution is 0.0720. The van der Waals surface area contributed by atoms with Crippen LogP contribution in [0.3, 0.4) is 0 Å². The van der Waals surface area contributed by atoms with Crippen molar-refractivity contribution in [2.24, 2.45) is 0 Å². The second-order valence-corrected chi connectivity index (χ2v) is 6.77. The van der Waals surface area contributed by atoms with Crippen molar-refractivity contribution >= 4 is 5.91 Å². The lowest BCUT2D eigenvalue weighted by atomic mass is 10.3. The van der Waals surface area contributed by atoms with Crippen molar-refractivity contribution in [1.29, 1.82) is 0 Å². The number of hydrogen-bond donors (Lipinski definition) is 0. The van der Waals surface area contributed by atoms with Gasteiger partial charge in [0.15, 0.2) is 0 Å². The van der Waals surface area contributed by atoms with E-state index < -0.39 is 0 Å². The van der Waals surface area contributed by atoms with Crippen molar-refractivity contribution in [3.8, 4) is 0 Å². The summed E-state index contributed by atoms with van der Waals surface area (Å²) in [5.41, 5.74) is 0.541. The van der Waals surface area contributed by atoms with Gasteiger partial charge in [-0.15, -0.1) is 0 Å². The third-order valence-electron chi connectivity index (χ3n) is 4.62. The minimum absolute atomic E-state index is 0.0416. The molecular weight excluding hydrogens is 288 g/mol. The van der Waals surface area contributed by atoms with Crippen LogP contribution in [-0.4, -0.2) is 76.9 Å². The van der Waals surface area contributed by atoms with Crippen LogP contribution in [0.25, 0.3) is 0 Å². The van der Waals surface area contributed by atoms with Gasteiger partial charge in [0, 0.05) is 57.5 Å². The number of nitrogens with zero attached hydrogens (tertiary/aromatic N) is 4. The summed E-state index contributed by atoms with van der Waals surface area (Å²) in [6, 6.07) is 6.51. The van der Waals surface area contributed by atoms with Gasteiger partial charge >= 0.3 is 0 Å². The summed E-state index contributed by atoms with van der Waals surface area (Å²) in [5.74, 6) is 0.0416. The Kier molecular flexibility index (Phi) is 6.54. The Morgan fingerprint density at radius 2 is 1.43 bits per heavy atom. The molecule has 0 bridgehead atoms. The molecule has 0 aliphatic carbocycles. The molecule has 0 spiro atoms. The van der Waals surface area contributed by atoms with Gasteiger partial charge in [-0.05, 0) is 39.8 Å². The lowest BCUT2D eigenvalue weighted by Crippen LogP contribution is -2.42. The van der Waals surface area contributed by atoms with E-state index in [9.17, 15) is 4.79 Å². The number of pyridine rings is 1. The zero-order valence-corrected chi connectivity index (χ0v) is 14.9. The van der Waals surface area contributed by atoms with Crippen LogP contribution in [-0.2, 0) is 0 Å². The summed E-state index contributed by atoms with van der Waals surface area (Å²) >= 11 is 0. The van der Waals surface area contributed by atoms with Crippen LogP contribution in [0, 0.1) is 0 Å². The predicted octanol–water partition coefficient (Wildman–Crippen LogP) is 1.96. The average Bonchev–Trinajstić information content (AvgIpc) is 2.65. The van der Waals surface area contributed by atoms with Gasteiger partial charge in [-0.25, -0.2) is 0 Å².